The number of carbonyl (C=O) groups excluding carboxylic acids is 1. The zero-order valence-corrected chi connectivity index (χ0v) is 6.42. The highest BCUT2D eigenvalue weighted by Gasteiger charge is 2.89. The summed E-state index contributed by atoms with van der Waals surface area (Å²) < 4.78 is 0. The second kappa shape index (κ2) is 1.09. The van der Waals surface area contributed by atoms with Gasteiger partial charge in [-0.3, -0.25) is 4.79 Å². The maximum absolute atomic E-state index is 11.0. The maximum atomic E-state index is 11.0. The van der Waals surface area contributed by atoms with Crippen molar-refractivity contribution < 1.29 is 4.79 Å². The van der Waals surface area contributed by atoms with Gasteiger partial charge in [0, 0.05) is 5.92 Å². The molecule has 5 unspecified atom stereocenters. The minimum Gasteiger partial charge on any atom is -0.300 e. The third kappa shape index (κ3) is 0.284. The summed E-state index contributed by atoms with van der Waals surface area (Å²) >= 11 is 0. The predicted octanol–water partition coefficient (Wildman–Crippen LogP) is 1.48. The Kier molecular flexibility index (Phi) is 0.580. The number of hydrogen-bond donors (Lipinski definition) is 0. The van der Waals surface area contributed by atoms with Gasteiger partial charge in [-0.2, -0.15) is 0 Å². The van der Waals surface area contributed by atoms with Gasteiger partial charge in [0.05, 0.1) is 0 Å². The predicted molar refractivity (Wildman–Crippen MR) is 37.4 cm³/mol. The minimum absolute atomic E-state index is 0.455. The Balaban J connectivity index is 1.92. The molecule has 1 spiro atoms. The van der Waals surface area contributed by atoms with Gasteiger partial charge >= 0.3 is 0 Å². The molecule has 0 aromatic rings. The molecule has 0 aromatic carbocycles. The largest absolute Gasteiger partial charge is 0.300 e. The molecule has 0 saturated heterocycles. The van der Waals surface area contributed by atoms with Crippen LogP contribution in [0.4, 0.5) is 0 Å². The van der Waals surface area contributed by atoms with Gasteiger partial charge < -0.3 is 0 Å². The Bertz CT molecular complexity index is 233. The van der Waals surface area contributed by atoms with E-state index in [2.05, 4.69) is 6.92 Å². The zero-order valence-electron chi connectivity index (χ0n) is 6.42. The fourth-order valence-corrected chi connectivity index (χ4v) is 3.78. The van der Waals surface area contributed by atoms with Gasteiger partial charge in [-0.05, 0) is 36.5 Å². The molecule has 0 heterocycles. The van der Waals surface area contributed by atoms with E-state index >= 15 is 0 Å². The molecule has 1 heteroatoms. The summed E-state index contributed by atoms with van der Waals surface area (Å²) in [7, 11) is 0. The van der Waals surface area contributed by atoms with E-state index in [4.69, 9.17) is 0 Å². The van der Waals surface area contributed by atoms with E-state index in [1.54, 1.807) is 6.92 Å². The average Bonchev–Trinajstić information content (AvgIpc) is 2.70. The van der Waals surface area contributed by atoms with Gasteiger partial charge in [0.25, 0.3) is 0 Å². The molecule has 0 amide bonds. The van der Waals surface area contributed by atoms with Gasteiger partial charge in [0.15, 0.2) is 0 Å². The first-order valence-corrected chi connectivity index (χ1v) is 4.20. The Labute approximate surface area is 60.8 Å². The van der Waals surface area contributed by atoms with E-state index in [9.17, 15) is 4.79 Å². The van der Waals surface area contributed by atoms with Crippen molar-refractivity contribution in [2.45, 2.75) is 20.3 Å². The van der Waals surface area contributed by atoms with Crippen molar-refractivity contribution >= 4 is 5.78 Å². The number of carbonyl (C=O) groups is 1. The lowest BCUT2D eigenvalue weighted by atomic mass is 9.87. The van der Waals surface area contributed by atoms with Crippen LogP contribution in [0.25, 0.3) is 0 Å². The minimum atomic E-state index is 0.455. The molecule has 5 atom stereocenters. The van der Waals surface area contributed by atoms with Gasteiger partial charge in [0.1, 0.15) is 5.78 Å². The normalized spacial score (nSPS) is 67.4. The highest BCUT2D eigenvalue weighted by Crippen LogP contribution is 2.92. The second-order valence-corrected chi connectivity index (χ2v) is 4.40. The van der Waals surface area contributed by atoms with Crippen molar-refractivity contribution in [2.75, 3.05) is 0 Å². The summed E-state index contributed by atoms with van der Waals surface area (Å²) in [5.41, 5.74) is 0.616. The molecule has 0 bridgehead atoms. The van der Waals surface area contributed by atoms with Crippen LogP contribution >= 0.6 is 0 Å². The van der Waals surface area contributed by atoms with E-state index in [0.29, 0.717) is 17.1 Å². The van der Waals surface area contributed by atoms with Crippen molar-refractivity contribution in [3.8, 4) is 0 Å². The van der Waals surface area contributed by atoms with Crippen LogP contribution in [0, 0.1) is 29.1 Å². The number of ketones is 1. The summed E-state index contributed by atoms with van der Waals surface area (Å²) in [6, 6.07) is 0. The molecule has 3 aliphatic carbocycles. The lowest BCUT2D eigenvalue weighted by molar-refractivity contribution is -0.118. The summed E-state index contributed by atoms with van der Waals surface area (Å²) in [5.74, 6) is 3.64. The van der Waals surface area contributed by atoms with Crippen LogP contribution in [-0.4, -0.2) is 5.78 Å². The first-order chi connectivity index (χ1) is 4.69. The van der Waals surface area contributed by atoms with E-state index in [1.165, 1.54) is 6.42 Å². The van der Waals surface area contributed by atoms with Gasteiger partial charge in [0.2, 0.25) is 0 Å². The van der Waals surface area contributed by atoms with Gasteiger partial charge in [-0.25, -0.2) is 0 Å². The summed E-state index contributed by atoms with van der Waals surface area (Å²) in [4.78, 5) is 11.0. The summed E-state index contributed by atoms with van der Waals surface area (Å²) in [6.07, 6.45) is 1.38. The molecule has 3 rings (SSSR count). The number of Topliss-reactive ketones (excluding diaryl/α,β-unsaturated/α-hetero) is 1. The quantitative estimate of drug-likeness (QED) is 0.533. The lowest BCUT2D eigenvalue weighted by Crippen LogP contribution is -2.13. The van der Waals surface area contributed by atoms with E-state index in [-0.39, 0.29) is 0 Å². The van der Waals surface area contributed by atoms with Crippen molar-refractivity contribution in [2.24, 2.45) is 29.1 Å². The fourth-order valence-electron chi connectivity index (χ4n) is 3.78. The van der Waals surface area contributed by atoms with E-state index < -0.39 is 0 Å². The van der Waals surface area contributed by atoms with Crippen LogP contribution in [0.5, 0.6) is 0 Å². The first kappa shape index (κ1) is 5.34. The number of rotatable bonds is 1. The Morgan fingerprint density at radius 2 is 2.30 bits per heavy atom. The Morgan fingerprint density at radius 1 is 1.60 bits per heavy atom. The van der Waals surface area contributed by atoms with Crippen molar-refractivity contribution in [3.63, 3.8) is 0 Å². The molecule has 3 saturated carbocycles. The molecule has 0 aliphatic heterocycles. The van der Waals surface area contributed by atoms with Crippen molar-refractivity contribution in [3.05, 3.63) is 0 Å². The molecule has 3 fully saturated rings. The van der Waals surface area contributed by atoms with Crippen LogP contribution in [0.2, 0.25) is 0 Å². The molecular formula is C9H12O. The van der Waals surface area contributed by atoms with Crippen LogP contribution in [0.1, 0.15) is 20.3 Å². The monoisotopic (exact) mass is 136 g/mol. The fraction of sp³-hybridized carbons (Fsp3) is 0.889. The summed E-state index contributed by atoms with van der Waals surface area (Å²) in [6.45, 7) is 4.07. The standard InChI is InChI=1S/C9H12O/c1-4-6-3-9(6)7(4)8(9)5(2)10/h4,6-8H,3H2,1-2H3. The third-order valence-electron chi connectivity index (χ3n) is 4.19. The molecule has 0 N–H and O–H groups in total. The van der Waals surface area contributed by atoms with Crippen LogP contribution < -0.4 is 0 Å². The lowest BCUT2D eigenvalue weighted by Gasteiger charge is -2.17. The summed E-state index contributed by atoms with van der Waals surface area (Å²) in [5, 5.41) is 0. The van der Waals surface area contributed by atoms with Crippen LogP contribution in [-0.2, 0) is 4.79 Å². The van der Waals surface area contributed by atoms with Crippen LogP contribution in [0.15, 0.2) is 0 Å². The van der Waals surface area contributed by atoms with Gasteiger partial charge in [-0.1, -0.05) is 6.92 Å². The molecule has 10 heavy (non-hydrogen) atoms. The topological polar surface area (TPSA) is 17.1 Å². The number of hydrogen-bond acceptors (Lipinski definition) is 1. The van der Waals surface area contributed by atoms with E-state index in [1.807, 2.05) is 0 Å². The third-order valence-corrected chi connectivity index (χ3v) is 4.19. The zero-order chi connectivity index (χ0) is 7.09. The molecule has 0 aromatic heterocycles. The van der Waals surface area contributed by atoms with Crippen molar-refractivity contribution in [1.29, 1.82) is 0 Å². The van der Waals surface area contributed by atoms with Crippen molar-refractivity contribution in [1.82, 2.24) is 0 Å². The smallest absolute Gasteiger partial charge is 0.133 e. The second-order valence-electron chi connectivity index (χ2n) is 4.40. The SMILES string of the molecule is CC(=O)C1C2C(C)C3CC312. The molecular weight excluding hydrogens is 124 g/mol. The highest BCUT2D eigenvalue weighted by molar-refractivity contribution is 5.85. The highest BCUT2D eigenvalue weighted by atomic mass is 16.1. The van der Waals surface area contributed by atoms with Gasteiger partial charge in [-0.15, -0.1) is 0 Å². The molecule has 54 valence electrons. The van der Waals surface area contributed by atoms with Crippen LogP contribution in [0.3, 0.4) is 0 Å². The Hall–Kier alpha value is -0.330. The Morgan fingerprint density at radius 3 is 2.50 bits per heavy atom. The molecule has 3 aliphatic rings. The van der Waals surface area contributed by atoms with E-state index in [0.717, 1.165) is 17.8 Å². The first-order valence-electron chi connectivity index (χ1n) is 4.20. The molecule has 1 nitrogen and oxygen atoms in total. The maximum Gasteiger partial charge on any atom is 0.133 e. The molecule has 0 radical (unpaired) electrons. The average molecular weight is 136 g/mol.